The molecule has 1 amide bonds. The fraction of sp³-hybridized carbons (Fsp3) is 0.417. The van der Waals surface area contributed by atoms with Crippen LogP contribution in [0.5, 0.6) is 0 Å². The minimum Gasteiger partial charge on any atom is -0.477 e. The first kappa shape index (κ1) is 16.8. The number of carbonyl (C=O) groups excluding carboxylic acids is 1. The van der Waals surface area contributed by atoms with Gasteiger partial charge in [0.15, 0.2) is 5.16 Å². The molecule has 4 N–H and O–H groups in total. The molecule has 0 aromatic carbocycles. The third kappa shape index (κ3) is 2.65. The lowest BCUT2D eigenvalue weighted by Crippen LogP contribution is -2.68. The van der Waals surface area contributed by atoms with Gasteiger partial charge in [0, 0.05) is 18.6 Å². The van der Waals surface area contributed by atoms with Crippen molar-refractivity contribution in [3.8, 4) is 0 Å². The Morgan fingerprint density at radius 1 is 1.42 bits per heavy atom. The maximum Gasteiger partial charge on any atom is 0.375 e. The van der Waals surface area contributed by atoms with Crippen LogP contribution in [0.15, 0.2) is 16.4 Å². The van der Waals surface area contributed by atoms with Gasteiger partial charge in [-0.2, -0.15) is 4.98 Å². The molecule has 24 heavy (non-hydrogen) atoms. The van der Waals surface area contributed by atoms with Crippen molar-refractivity contribution in [2.24, 2.45) is 12.8 Å². The molecule has 128 valence electrons. The predicted octanol–water partition coefficient (Wildman–Crippen LogP) is -0.813. The Hall–Kier alpha value is -2.05. The highest BCUT2D eigenvalue weighted by molar-refractivity contribution is 8.01. The second-order valence-electron chi connectivity index (χ2n) is 5.13. The molecule has 0 aliphatic carbocycles. The Kier molecular flexibility index (Phi) is 4.27. The van der Waals surface area contributed by atoms with Crippen molar-refractivity contribution in [3.05, 3.63) is 17.1 Å². The Balaban J connectivity index is 1.82. The molecule has 1 aromatic heterocycles. The fourth-order valence-electron chi connectivity index (χ4n) is 2.43. The van der Waals surface area contributed by atoms with E-state index < -0.39 is 23.9 Å². The van der Waals surface area contributed by atoms with Crippen LogP contribution in [0.4, 0.5) is 0 Å². The van der Waals surface area contributed by atoms with E-state index in [0.717, 1.165) is 11.8 Å². The van der Waals surface area contributed by atoms with Crippen LogP contribution in [0, 0.1) is 0 Å². The van der Waals surface area contributed by atoms with E-state index >= 15 is 0 Å². The molecular weight excluding hydrogens is 358 g/mol. The average Bonchev–Trinajstić information content (AvgIpc) is 2.92. The Labute approximate surface area is 144 Å². The molecule has 10 nitrogen and oxygen atoms in total. The summed E-state index contributed by atoms with van der Waals surface area (Å²) in [5.41, 5.74) is 6.21. The van der Waals surface area contributed by atoms with Crippen molar-refractivity contribution in [1.29, 1.82) is 0 Å². The van der Waals surface area contributed by atoms with Gasteiger partial charge >= 0.3 is 11.9 Å². The van der Waals surface area contributed by atoms with Crippen molar-refractivity contribution < 1.29 is 24.6 Å². The number of β-lactam (4-membered cyclic amide) rings is 1. The summed E-state index contributed by atoms with van der Waals surface area (Å²) in [4.78, 5) is 39.4. The van der Waals surface area contributed by atoms with Crippen LogP contribution in [0.25, 0.3) is 0 Å². The highest BCUT2D eigenvalue weighted by atomic mass is 32.2. The Bertz CT molecular complexity index is 776. The van der Waals surface area contributed by atoms with Crippen molar-refractivity contribution >= 4 is 41.4 Å². The summed E-state index contributed by atoms with van der Waals surface area (Å²) in [6, 6.07) is -0.671. The molecule has 1 saturated heterocycles. The number of nitrogens with two attached hydrogens (primary N) is 1. The van der Waals surface area contributed by atoms with E-state index in [0.29, 0.717) is 16.5 Å². The number of hydrogen-bond acceptors (Lipinski definition) is 8. The minimum atomic E-state index is -1.24. The maximum absolute atomic E-state index is 11.9. The maximum atomic E-state index is 11.9. The summed E-state index contributed by atoms with van der Waals surface area (Å²) >= 11 is 2.58. The van der Waals surface area contributed by atoms with Crippen molar-refractivity contribution in [3.63, 3.8) is 0 Å². The summed E-state index contributed by atoms with van der Waals surface area (Å²) in [5, 5.41) is 22.1. The van der Waals surface area contributed by atoms with Crippen LogP contribution in [0.3, 0.4) is 0 Å². The number of rotatable bonds is 5. The molecule has 2 aliphatic heterocycles. The standard InChI is InChI=1S/C12H13N5O5S2/c1-16-12(14-7(15-16)11(21)22)24-3-4-2-23-9-5(13)8(18)17(9)6(4)10(19)20/h5,9H,2-3,13H2,1H3,(H,19,20)(H,21,22)/t5-,9-/m1/s1. The first-order chi connectivity index (χ1) is 11.3. The van der Waals surface area contributed by atoms with Gasteiger partial charge in [-0.25, -0.2) is 14.3 Å². The topological polar surface area (TPSA) is 152 Å². The molecule has 0 radical (unpaired) electrons. The average molecular weight is 371 g/mol. The summed E-state index contributed by atoms with van der Waals surface area (Å²) in [7, 11) is 1.55. The number of fused-ring (bicyclic) bond motifs is 1. The number of hydrogen-bond donors (Lipinski definition) is 3. The van der Waals surface area contributed by atoms with Crippen LogP contribution < -0.4 is 5.73 Å². The van der Waals surface area contributed by atoms with Gasteiger partial charge in [-0.1, -0.05) is 11.8 Å². The second kappa shape index (κ2) is 6.11. The number of thioether (sulfide) groups is 2. The van der Waals surface area contributed by atoms with Gasteiger partial charge < -0.3 is 15.9 Å². The molecule has 12 heteroatoms. The molecular formula is C12H13N5O5S2. The number of aryl methyl sites for hydroxylation is 1. The Morgan fingerprint density at radius 2 is 2.12 bits per heavy atom. The highest BCUT2D eigenvalue weighted by Gasteiger charge is 2.51. The number of carboxylic acids is 2. The van der Waals surface area contributed by atoms with Gasteiger partial charge in [0.1, 0.15) is 17.1 Å². The number of nitrogens with zero attached hydrogens (tertiary/aromatic N) is 4. The first-order valence-corrected chi connectivity index (χ1v) is 8.77. The van der Waals surface area contributed by atoms with Crippen LogP contribution in [0.2, 0.25) is 0 Å². The quantitative estimate of drug-likeness (QED) is 0.442. The highest BCUT2D eigenvalue weighted by Crippen LogP contribution is 2.40. The van der Waals surface area contributed by atoms with E-state index in [-0.39, 0.29) is 22.6 Å². The van der Waals surface area contributed by atoms with Gasteiger partial charge in [0.05, 0.1) is 0 Å². The molecule has 1 aromatic rings. The number of aromatic nitrogens is 3. The molecule has 0 saturated carbocycles. The lowest BCUT2D eigenvalue weighted by Gasteiger charge is -2.48. The zero-order chi connectivity index (χ0) is 17.6. The van der Waals surface area contributed by atoms with Gasteiger partial charge in [0.25, 0.3) is 5.82 Å². The van der Waals surface area contributed by atoms with Crippen molar-refractivity contribution in [2.75, 3.05) is 11.5 Å². The van der Waals surface area contributed by atoms with E-state index in [4.69, 9.17) is 10.8 Å². The SMILES string of the molecule is Cn1nc(C(=O)O)nc1SCC1=C(C(=O)O)N2C(=O)[C@@H](N)[C@H]2SC1. The summed E-state index contributed by atoms with van der Waals surface area (Å²) in [6.07, 6.45) is 0. The number of aromatic carboxylic acids is 1. The summed E-state index contributed by atoms with van der Waals surface area (Å²) in [6.45, 7) is 0. The van der Waals surface area contributed by atoms with Crippen molar-refractivity contribution in [2.45, 2.75) is 16.6 Å². The summed E-state index contributed by atoms with van der Waals surface area (Å²) < 4.78 is 1.32. The van der Waals surface area contributed by atoms with Crippen LogP contribution in [-0.2, 0) is 16.6 Å². The van der Waals surface area contributed by atoms with E-state index in [2.05, 4.69) is 10.1 Å². The first-order valence-electron chi connectivity index (χ1n) is 6.74. The van der Waals surface area contributed by atoms with E-state index in [1.165, 1.54) is 21.3 Å². The molecule has 3 rings (SSSR count). The smallest absolute Gasteiger partial charge is 0.375 e. The molecule has 2 atom stereocenters. The zero-order valence-electron chi connectivity index (χ0n) is 12.4. The third-order valence-electron chi connectivity index (χ3n) is 3.58. The number of carbonyl (C=O) groups is 3. The zero-order valence-corrected chi connectivity index (χ0v) is 14.0. The van der Waals surface area contributed by atoms with E-state index in [1.54, 1.807) is 7.05 Å². The van der Waals surface area contributed by atoms with Crippen LogP contribution in [0.1, 0.15) is 10.6 Å². The number of aliphatic carboxylic acids is 1. The van der Waals surface area contributed by atoms with Gasteiger partial charge in [-0.3, -0.25) is 9.69 Å². The molecule has 3 heterocycles. The number of amides is 1. The number of carboxylic acid groups (broad SMARTS) is 2. The lowest BCUT2D eigenvalue weighted by molar-refractivity contribution is -0.147. The minimum absolute atomic E-state index is 0.0430. The molecule has 2 aliphatic rings. The van der Waals surface area contributed by atoms with Gasteiger partial charge in [-0.15, -0.1) is 16.9 Å². The van der Waals surface area contributed by atoms with Crippen molar-refractivity contribution in [1.82, 2.24) is 19.7 Å². The third-order valence-corrected chi connectivity index (χ3v) is 6.05. The van der Waals surface area contributed by atoms with Gasteiger partial charge in [-0.05, 0) is 5.57 Å². The van der Waals surface area contributed by atoms with E-state index in [9.17, 15) is 19.5 Å². The normalized spacial score (nSPS) is 23.1. The molecule has 0 unspecified atom stereocenters. The molecule has 0 bridgehead atoms. The Morgan fingerprint density at radius 3 is 2.71 bits per heavy atom. The van der Waals surface area contributed by atoms with Gasteiger partial charge in [0.2, 0.25) is 5.91 Å². The largest absolute Gasteiger partial charge is 0.477 e. The fourth-order valence-corrected chi connectivity index (χ4v) is 4.77. The summed E-state index contributed by atoms with van der Waals surface area (Å²) in [5.74, 6) is -2.46. The second-order valence-corrected chi connectivity index (χ2v) is 7.18. The monoisotopic (exact) mass is 371 g/mol. The molecule has 0 spiro atoms. The van der Waals surface area contributed by atoms with E-state index in [1.807, 2.05) is 0 Å². The molecule has 1 fully saturated rings. The predicted molar refractivity (Wildman–Crippen MR) is 84.4 cm³/mol. The lowest BCUT2D eigenvalue weighted by atomic mass is 10.0. The van der Waals surface area contributed by atoms with Crippen LogP contribution in [-0.4, -0.2) is 70.6 Å². The van der Waals surface area contributed by atoms with Crippen LogP contribution >= 0.6 is 23.5 Å².